The first-order valence-corrected chi connectivity index (χ1v) is 8.92. The molecule has 128 valence electrons. The maximum Gasteiger partial charge on any atom is 0.269 e. The van der Waals surface area contributed by atoms with E-state index < -0.39 is 0 Å². The van der Waals surface area contributed by atoms with E-state index in [1.165, 1.54) is 23.6 Å². The quantitative estimate of drug-likeness (QED) is 0.642. The fraction of sp³-hybridized carbons (Fsp3) is 0.200. The van der Waals surface area contributed by atoms with Gasteiger partial charge in [-0.15, -0.1) is 11.3 Å². The minimum absolute atomic E-state index is 0.118. The van der Waals surface area contributed by atoms with Gasteiger partial charge in [0.25, 0.3) is 5.91 Å². The summed E-state index contributed by atoms with van der Waals surface area (Å²) in [6, 6.07) is 12.5. The van der Waals surface area contributed by atoms with Gasteiger partial charge in [0.05, 0.1) is 6.20 Å². The topological polar surface area (TPSA) is 33.2 Å². The number of aromatic nitrogens is 1. The molecule has 0 aliphatic rings. The maximum absolute atomic E-state index is 13.9. The van der Waals surface area contributed by atoms with E-state index in [1.54, 1.807) is 23.1 Å². The molecule has 0 aliphatic heterocycles. The molecule has 2 aromatic carbocycles. The first-order valence-electron chi connectivity index (χ1n) is 8.10. The van der Waals surface area contributed by atoms with E-state index in [1.807, 2.05) is 32.9 Å². The molecule has 0 saturated heterocycles. The molecule has 25 heavy (non-hydrogen) atoms. The minimum atomic E-state index is -0.336. The number of carbonyl (C=O) groups excluding carboxylic acids is 1. The molecule has 3 aromatic rings. The van der Waals surface area contributed by atoms with Crippen molar-refractivity contribution in [2.75, 3.05) is 11.4 Å². The van der Waals surface area contributed by atoms with Crippen molar-refractivity contribution in [3.63, 3.8) is 0 Å². The van der Waals surface area contributed by atoms with Crippen LogP contribution in [0.1, 0.15) is 27.7 Å². The van der Waals surface area contributed by atoms with E-state index >= 15 is 0 Å². The molecule has 0 N–H and O–H groups in total. The van der Waals surface area contributed by atoms with Gasteiger partial charge in [-0.25, -0.2) is 9.37 Å². The summed E-state index contributed by atoms with van der Waals surface area (Å²) in [5.74, 6) is -0.454. The van der Waals surface area contributed by atoms with Crippen LogP contribution in [0.4, 0.5) is 10.1 Å². The highest BCUT2D eigenvalue weighted by Gasteiger charge is 2.20. The van der Waals surface area contributed by atoms with Crippen LogP contribution >= 0.6 is 11.3 Å². The van der Waals surface area contributed by atoms with Gasteiger partial charge < -0.3 is 4.90 Å². The van der Waals surface area contributed by atoms with Gasteiger partial charge >= 0.3 is 0 Å². The van der Waals surface area contributed by atoms with Crippen molar-refractivity contribution in [3.05, 3.63) is 70.5 Å². The SMILES string of the molecule is CCN(C(=O)c1cnc(-c2ccccc2F)s1)c1cc(C)cc(C)c1. The number of aryl methyl sites for hydroxylation is 2. The van der Waals surface area contributed by atoms with Crippen LogP contribution in [0.25, 0.3) is 10.6 Å². The summed E-state index contributed by atoms with van der Waals surface area (Å²) in [4.78, 5) is 19.4. The normalized spacial score (nSPS) is 10.7. The van der Waals surface area contributed by atoms with Crippen molar-refractivity contribution in [1.82, 2.24) is 4.98 Å². The number of rotatable bonds is 4. The highest BCUT2D eigenvalue weighted by Crippen LogP contribution is 2.29. The molecule has 0 atom stereocenters. The summed E-state index contributed by atoms with van der Waals surface area (Å²) in [7, 11) is 0. The Morgan fingerprint density at radius 3 is 2.48 bits per heavy atom. The van der Waals surface area contributed by atoms with Gasteiger partial charge in [0.15, 0.2) is 0 Å². The van der Waals surface area contributed by atoms with E-state index in [0.29, 0.717) is 22.0 Å². The first-order chi connectivity index (χ1) is 12.0. The lowest BCUT2D eigenvalue weighted by Crippen LogP contribution is -2.30. The monoisotopic (exact) mass is 354 g/mol. The molecule has 1 heterocycles. The second-order valence-electron chi connectivity index (χ2n) is 5.90. The van der Waals surface area contributed by atoms with Crippen LogP contribution in [0.15, 0.2) is 48.7 Å². The van der Waals surface area contributed by atoms with Gasteiger partial charge in [0.2, 0.25) is 0 Å². The highest BCUT2D eigenvalue weighted by atomic mass is 32.1. The number of hydrogen-bond donors (Lipinski definition) is 0. The van der Waals surface area contributed by atoms with Crippen molar-refractivity contribution in [3.8, 4) is 10.6 Å². The third kappa shape index (κ3) is 3.61. The Kier molecular flexibility index (Phi) is 4.95. The summed E-state index contributed by atoms with van der Waals surface area (Å²) in [5, 5.41) is 0.512. The lowest BCUT2D eigenvalue weighted by Gasteiger charge is -2.21. The largest absolute Gasteiger partial charge is 0.308 e. The Morgan fingerprint density at radius 1 is 1.16 bits per heavy atom. The second-order valence-corrected chi connectivity index (χ2v) is 6.94. The average Bonchev–Trinajstić information content (AvgIpc) is 3.05. The zero-order chi connectivity index (χ0) is 18.0. The molecule has 1 amide bonds. The molecule has 0 aliphatic carbocycles. The first kappa shape index (κ1) is 17.3. The van der Waals surface area contributed by atoms with Crippen LogP contribution in [-0.2, 0) is 0 Å². The number of amides is 1. The van der Waals surface area contributed by atoms with Gasteiger partial charge in [0.1, 0.15) is 15.7 Å². The Labute approximate surface area is 150 Å². The number of benzene rings is 2. The smallest absolute Gasteiger partial charge is 0.269 e. The molecular formula is C20H19FN2OS. The highest BCUT2D eigenvalue weighted by molar-refractivity contribution is 7.17. The van der Waals surface area contributed by atoms with E-state index in [2.05, 4.69) is 11.1 Å². The van der Waals surface area contributed by atoms with Gasteiger partial charge in [-0.1, -0.05) is 18.2 Å². The van der Waals surface area contributed by atoms with E-state index in [4.69, 9.17) is 0 Å². The number of hydrogen-bond acceptors (Lipinski definition) is 3. The molecule has 0 radical (unpaired) electrons. The molecule has 0 fully saturated rings. The summed E-state index contributed by atoms with van der Waals surface area (Å²) in [6.45, 7) is 6.51. The third-order valence-electron chi connectivity index (χ3n) is 3.90. The number of nitrogens with zero attached hydrogens (tertiary/aromatic N) is 2. The summed E-state index contributed by atoms with van der Waals surface area (Å²) >= 11 is 1.21. The van der Waals surface area contributed by atoms with Crippen LogP contribution < -0.4 is 4.90 Å². The molecule has 3 nitrogen and oxygen atoms in total. The molecule has 0 spiro atoms. The van der Waals surface area contributed by atoms with E-state index in [0.717, 1.165) is 16.8 Å². The summed E-state index contributed by atoms with van der Waals surface area (Å²) in [6.07, 6.45) is 1.53. The number of anilines is 1. The van der Waals surface area contributed by atoms with Crippen molar-refractivity contribution in [1.29, 1.82) is 0 Å². The second kappa shape index (κ2) is 7.15. The maximum atomic E-state index is 13.9. The number of thiazole rings is 1. The van der Waals surface area contributed by atoms with Crippen LogP contribution in [-0.4, -0.2) is 17.4 Å². The molecule has 1 aromatic heterocycles. The van der Waals surface area contributed by atoms with Crippen LogP contribution in [0, 0.1) is 19.7 Å². The third-order valence-corrected chi connectivity index (χ3v) is 4.92. The van der Waals surface area contributed by atoms with E-state index in [-0.39, 0.29) is 11.7 Å². The fourth-order valence-electron chi connectivity index (χ4n) is 2.82. The lowest BCUT2D eigenvalue weighted by atomic mass is 10.1. The van der Waals surface area contributed by atoms with Crippen LogP contribution in [0.5, 0.6) is 0 Å². The van der Waals surface area contributed by atoms with Crippen LogP contribution in [0.2, 0.25) is 0 Å². The summed E-state index contributed by atoms with van der Waals surface area (Å²) < 4.78 is 13.9. The predicted octanol–water partition coefficient (Wildman–Crippen LogP) is 5.23. The predicted molar refractivity (Wildman–Crippen MR) is 101 cm³/mol. The molecule has 0 saturated carbocycles. The number of carbonyl (C=O) groups is 1. The molecule has 0 unspecified atom stereocenters. The van der Waals surface area contributed by atoms with Gasteiger partial charge in [-0.3, -0.25) is 4.79 Å². The van der Waals surface area contributed by atoms with Gasteiger partial charge in [-0.2, -0.15) is 0 Å². The molecule has 5 heteroatoms. The fourth-order valence-corrected chi connectivity index (χ4v) is 3.71. The Bertz CT molecular complexity index is 899. The van der Waals surface area contributed by atoms with Crippen molar-refractivity contribution in [2.24, 2.45) is 0 Å². The zero-order valence-electron chi connectivity index (χ0n) is 14.4. The molecular weight excluding hydrogens is 335 g/mol. The average molecular weight is 354 g/mol. The standard InChI is InChI=1S/C20H19FN2OS/c1-4-23(15-10-13(2)9-14(3)11-15)20(24)18-12-22-19(25-18)16-7-5-6-8-17(16)21/h5-12H,4H2,1-3H3. The van der Waals surface area contributed by atoms with Crippen molar-refractivity contribution >= 4 is 22.9 Å². The number of halogens is 1. The lowest BCUT2D eigenvalue weighted by molar-refractivity contribution is 0.0992. The minimum Gasteiger partial charge on any atom is -0.308 e. The van der Waals surface area contributed by atoms with Gasteiger partial charge in [0, 0.05) is 17.8 Å². The van der Waals surface area contributed by atoms with E-state index in [9.17, 15) is 9.18 Å². The Balaban J connectivity index is 1.93. The van der Waals surface area contributed by atoms with Crippen LogP contribution in [0.3, 0.4) is 0 Å². The van der Waals surface area contributed by atoms with Crippen molar-refractivity contribution < 1.29 is 9.18 Å². The molecule has 0 bridgehead atoms. The zero-order valence-corrected chi connectivity index (χ0v) is 15.2. The Morgan fingerprint density at radius 2 is 1.84 bits per heavy atom. The molecule has 3 rings (SSSR count). The Hall–Kier alpha value is -2.53. The van der Waals surface area contributed by atoms with Crippen molar-refractivity contribution in [2.45, 2.75) is 20.8 Å². The van der Waals surface area contributed by atoms with Gasteiger partial charge in [-0.05, 0) is 56.2 Å². The summed E-state index contributed by atoms with van der Waals surface area (Å²) in [5.41, 5.74) is 3.50.